The van der Waals surface area contributed by atoms with Crippen molar-refractivity contribution in [1.29, 1.82) is 0 Å². The van der Waals surface area contributed by atoms with Gasteiger partial charge in [-0.15, -0.1) is 0 Å². The van der Waals surface area contributed by atoms with Crippen molar-refractivity contribution in [3.8, 4) is 17.2 Å². The number of aromatic nitrogens is 1. The molecule has 1 aromatic carbocycles. The molecular weight excluding hydrogens is 268 g/mol. The van der Waals surface area contributed by atoms with Crippen molar-refractivity contribution in [1.82, 2.24) is 4.98 Å². The maximum Gasteiger partial charge on any atom is 0.160 e. The van der Waals surface area contributed by atoms with Crippen LogP contribution >= 0.6 is 0 Å². The van der Waals surface area contributed by atoms with Gasteiger partial charge >= 0.3 is 0 Å². The highest BCUT2D eigenvalue weighted by Gasteiger charge is 2.11. The second-order valence-corrected chi connectivity index (χ2v) is 4.66. The summed E-state index contributed by atoms with van der Waals surface area (Å²) in [6.45, 7) is 0. The van der Waals surface area contributed by atoms with Crippen LogP contribution < -0.4 is 19.9 Å². The molecule has 0 radical (unpaired) electrons. The third-order valence-electron chi connectivity index (χ3n) is 3.30. The number of nitrogens with zero attached hydrogens (tertiary/aromatic N) is 1. The van der Waals surface area contributed by atoms with Gasteiger partial charge in [0, 0.05) is 12.2 Å². The van der Waals surface area contributed by atoms with E-state index in [0.717, 1.165) is 11.1 Å². The van der Waals surface area contributed by atoms with E-state index < -0.39 is 0 Å². The molecule has 0 saturated carbocycles. The second-order valence-electron chi connectivity index (χ2n) is 4.66. The first-order chi connectivity index (χ1) is 10.2. The Hall–Kier alpha value is -2.27. The molecule has 5 nitrogen and oxygen atoms in total. The largest absolute Gasteiger partial charge is 0.495 e. The van der Waals surface area contributed by atoms with Crippen LogP contribution in [0.1, 0.15) is 17.2 Å². The van der Waals surface area contributed by atoms with E-state index in [-0.39, 0.29) is 6.04 Å². The number of benzene rings is 1. The van der Waals surface area contributed by atoms with Crippen molar-refractivity contribution < 1.29 is 14.2 Å². The van der Waals surface area contributed by atoms with Crippen molar-refractivity contribution in [2.75, 3.05) is 21.3 Å². The summed E-state index contributed by atoms with van der Waals surface area (Å²) in [6, 6.07) is 7.54. The lowest BCUT2D eigenvalue weighted by Crippen LogP contribution is -2.13. The number of ether oxygens (including phenoxy) is 3. The SMILES string of the molecule is COc1cncc(C(N)Cc2ccc(OC)c(OC)c2)c1. The van der Waals surface area contributed by atoms with Gasteiger partial charge in [-0.2, -0.15) is 0 Å². The van der Waals surface area contributed by atoms with E-state index in [0.29, 0.717) is 23.7 Å². The number of hydrogen-bond donors (Lipinski definition) is 1. The molecule has 2 aromatic rings. The standard InChI is InChI=1S/C16H20N2O3/c1-19-13-8-12(9-18-10-13)14(17)6-11-4-5-15(20-2)16(7-11)21-3/h4-5,7-10,14H,6,17H2,1-3H3. The highest BCUT2D eigenvalue weighted by molar-refractivity contribution is 5.43. The van der Waals surface area contributed by atoms with Gasteiger partial charge in [-0.1, -0.05) is 6.07 Å². The summed E-state index contributed by atoms with van der Waals surface area (Å²) in [6.07, 6.45) is 4.09. The molecule has 2 N–H and O–H groups in total. The minimum absolute atomic E-state index is 0.161. The Morgan fingerprint density at radius 3 is 2.43 bits per heavy atom. The number of hydrogen-bond acceptors (Lipinski definition) is 5. The molecule has 112 valence electrons. The van der Waals surface area contributed by atoms with E-state index in [1.165, 1.54) is 0 Å². The van der Waals surface area contributed by atoms with E-state index in [4.69, 9.17) is 19.9 Å². The summed E-state index contributed by atoms with van der Waals surface area (Å²) in [5, 5.41) is 0. The summed E-state index contributed by atoms with van der Waals surface area (Å²) in [5.41, 5.74) is 8.25. The Kier molecular flexibility index (Phi) is 5.00. The maximum atomic E-state index is 6.25. The lowest BCUT2D eigenvalue weighted by Gasteiger charge is -2.14. The average molecular weight is 288 g/mol. The monoisotopic (exact) mass is 288 g/mol. The molecule has 0 aliphatic heterocycles. The maximum absolute atomic E-state index is 6.25. The summed E-state index contributed by atoms with van der Waals surface area (Å²) in [5.74, 6) is 2.11. The van der Waals surface area contributed by atoms with E-state index >= 15 is 0 Å². The Balaban J connectivity index is 2.16. The molecule has 0 aliphatic carbocycles. The van der Waals surface area contributed by atoms with Gasteiger partial charge in [0.1, 0.15) is 5.75 Å². The lowest BCUT2D eigenvalue weighted by atomic mass is 10.0. The summed E-state index contributed by atoms with van der Waals surface area (Å²) in [4.78, 5) is 4.13. The third-order valence-corrected chi connectivity index (χ3v) is 3.30. The molecule has 0 fully saturated rings. The first-order valence-electron chi connectivity index (χ1n) is 6.63. The number of pyridine rings is 1. The molecule has 0 amide bonds. The summed E-state index contributed by atoms with van der Waals surface area (Å²) in [7, 11) is 4.85. The number of nitrogens with two attached hydrogens (primary N) is 1. The number of methoxy groups -OCH3 is 3. The van der Waals surface area contributed by atoms with Crippen LogP contribution in [0.15, 0.2) is 36.7 Å². The van der Waals surface area contributed by atoms with Gasteiger partial charge < -0.3 is 19.9 Å². The molecule has 0 aliphatic rings. The van der Waals surface area contributed by atoms with Gasteiger partial charge in [0.05, 0.1) is 27.5 Å². The van der Waals surface area contributed by atoms with Crippen LogP contribution in [-0.2, 0) is 6.42 Å². The summed E-state index contributed by atoms with van der Waals surface area (Å²) < 4.78 is 15.7. The van der Waals surface area contributed by atoms with E-state index in [1.54, 1.807) is 33.7 Å². The quantitative estimate of drug-likeness (QED) is 0.883. The fourth-order valence-corrected chi connectivity index (χ4v) is 2.13. The van der Waals surface area contributed by atoms with Crippen LogP contribution in [0.4, 0.5) is 0 Å². The lowest BCUT2D eigenvalue weighted by molar-refractivity contribution is 0.354. The Labute approximate surface area is 124 Å². The van der Waals surface area contributed by atoms with Crippen molar-refractivity contribution in [3.63, 3.8) is 0 Å². The van der Waals surface area contributed by atoms with Gasteiger partial charge in [-0.25, -0.2) is 0 Å². The Morgan fingerprint density at radius 1 is 1.00 bits per heavy atom. The van der Waals surface area contributed by atoms with Crippen LogP contribution in [0.25, 0.3) is 0 Å². The highest BCUT2D eigenvalue weighted by atomic mass is 16.5. The minimum Gasteiger partial charge on any atom is -0.495 e. The molecule has 1 heterocycles. The molecule has 2 rings (SSSR count). The highest BCUT2D eigenvalue weighted by Crippen LogP contribution is 2.29. The van der Waals surface area contributed by atoms with Gasteiger partial charge in [-0.3, -0.25) is 4.98 Å². The zero-order valence-corrected chi connectivity index (χ0v) is 12.5. The van der Waals surface area contributed by atoms with E-state index in [9.17, 15) is 0 Å². The molecule has 21 heavy (non-hydrogen) atoms. The van der Waals surface area contributed by atoms with E-state index in [1.807, 2.05) is 24.3 Å². The van der Waals surface area contributed by atoms with E-state index in [2.05, 4.69) is 4.98 Å². The molecule has 0 spiro atoms. The van der Waals surface area contributed by atoms with Gasteiger partial charge in [0.25, 0.3) is 0 Å². The molecular formula is C16H20N2O3. The van der Waals surface area contributed by atoms with Gasteiger partial charge in [-0.05, 0) is 35.7 Å². The van der Waals surface area contributed by atoms with Gasteiger partial charge in [0.2, 0.25) is 0 Å². The molecule has 5 heteroatoms. The molecule has 1 aromatic heterocycles. The smallest absolute Gasteiger partial charge is 0.160 e. The predicted octanol–water partition coefficient (Wildman–Crippen LogP) is 2.35. The molecule has 1 unspecified atom stereocenters. The molecule has 0 bridgehead atoms. The third kappa shape index (κ3) is 3.64. The van der Waals surface area contributed by atoms with Gasteiger partial charge in [0.15, 0.2) is 11.5 Å². The molecule has 0 saturated heterocycles. The first-order valence-corrected chi connectivity index (χ1v) is 6.63. The van der Waals surface area contributed by atoms with Crippen LogP contribution in [-0.4, -0.2) is 26.3 Å². The van der Waals surface area contributed by atoms with Crippen molar-refractivity contribution in [3.05, 3.63) is 47.8 Å². The Morgan fingerprint density at radius 2 is 1.76 bits per heavy atom. The van der Waals surface area contributed by atoms with Crippen molar-refractivity contribution in [2.45, 2.75) is 12.5 Å². The normalized spacial score (nSPS) is 11.8. The first kappa shape index (κ1) is 15.1. The van der Waals surface area contributed by atoms with Crippen molar-refractivity contribution >= 4 is 0 Å². The zero-order valence-electron chi connectivity index (χ0n) is 12.5. The molecule has 1 atom stereocenters. The zero-order chi connectivity index (χ0) is 15.2. The Bertz CT molecular complexity index is 602. The van der Waals surface area contributed by atoms with Crippen molar-refractivity contribution in [2.24, 2.45) is 5.73 Å². The van der Waals surface area contributed by atoms with Crippen LogP contribution in [0.5, 0.6) is 17.2 Å². The number of rotatable bonds is 6. The second kappa shape index (κ2) is 6.95. The average Bonchev–Trinajstić information content (AvgIpc) is 2.54. The summed E-state index contributed by atoms with van der Waals surface area (Å²) >= 11 is 0. The predicted molar refractivity (Wildman–Crippen MR) is 81.0 cm³/mol. The van der Waals surface area contributed by atoms with Crippen LogP contribution in [0.2, 0.25) is 0 Å². The minimum atomic E-state index is -0.161. The van der Waals surface area contributed by atoms with Crippen LogP contribution in [0.3, 0.4) is 0 Å². The van der Waals surface area contributed by atoms with Crippen LogP contribution in [0, 0.1) is 0 Å². The fraction of sp³-hybridized carbons (Fsp3) is 0.312. The fourth-order valence-electron chi connectivity index (χ4n) is 2.13. The topological polar surface area (TPSA) is 66.6 Å².